The van der Waals surface area contributed by atoms with Crippen LogP contribution in [0.4, 0.5) is 0 Å². The number of carbonyl (C=O) groups excluding carboxylic acids is 3. The van der Waals surface area contributed by atoms with Crippen molar-refractivity contribution in [2.45, 2.75) is 58.7 Å². The Kier molecular flexibility index (Phi) is 8.20. The molecule has 0 unspecified atom stereocenters. The second-order valence-corrected chi connectivity index (χ2v) is 8.39. The average Bonchev–Trinajstić information content (AvgIpc) is 3.07. The van der Waals surface area contributed by atoms with Gasteiger partial charge in [0.15, 0.2) is 0 Å². The minimum atomic E-state index is -0.696. The van der Waals surface area contributed by atoms with E-state index in [2.05, 4.69) is 10.6 Å². The first-order valence-corrected chi connectivity index (χ1v) is 10.4. The van der Waals surface area contributed by atoms with Crippen LogP contribution in [0.1, 0.15) is 39.7 Å². The lowest BCUT2D eigenvalue weighted by molar-refractivity contribution is -0.142. The minimum absolute atomic E-state index is 0.108. The summed E-state index contributed by atoms with van der Waals surface area (Å²) in [6.07, 6.45) is 1.36. The van der Waals surface area contributed by atoms with Gasteiger partial charge in [-0.1, -0.05) is 51.1 Å². The van der Waals surface area contributed by atoms with E-state index in [-0.39, 0.29) is 29.6 Å². The molecule has 1 heterocycles. The van der Waals surface area contributed by atoms with Crippen LogP contribution in [-0.2, 0) is 20.8 Å². The fourth-order valence-electron chi connectivity index (χ4n) is 3.61. The molecule has 1 aromatic rings. The minimum Gasteiger partial charge on any atom is -0.354 e. The molecule has 0 spiro atoms. The zero-order chi connectivity index (χ0) is 21.6. The maximum atomic E-state index is 13.2. The van der Waals surface area contributed by atoms with E-state index in [0.717, 1.165) is 12.0 Å². The number of benzene rings is 1. The van der Waals surface area contributed by atoms with Crippen molar-refractivity contribution < 1.29 is 14.4 Å². The van der Waals surface area contributed by atoms with Crippen LogP contribution in [0.3, 0.4) is 0 Å². The molecular weight excluding hydrogens is 368 g/mol. The molecule has 7 heteroatoms. The van der Waals surface area contributed by atoms with Crippen molar-refractivity contribution in [2.75, 3.05) is 13.1 Å². The molecule has 1 fully saturated rings. The molecule has 2 rings (SSSR count). The Morgan fingerprint density at radius 3 is 2.41 bits per heavy atom. The van der Waals surface area contributed by atoms with E-state index in [1.165, 1.54) is 0 Å². The number of likely N-dealkylation sites (tertiary alicyclic amines) is 1. The standard InChI is InChI=1S/C22H34N4O3/c1-14(2)19(25-20(27)16(4)23)22(29)26-13-15(3)12-18(26)21(28)24-11-10-17-8-6-5-7-9-17/h5-9,14-16,18-19H,10-13,23H2,1-4H3,(H,24,28)(H,25,27)/t15-,16-,18-,19-/m0/s1. The molecule has 1 saturated heterocycles. The molecule has 29 heavy (non-hydrogen) atoms. The molecule has 160 valence electrons. The lowest BCUT2D eigenvalue weighted by Gasteiger charge is -2.31. The molecule has 0 saturated carbocycles. The molecular formula is C22H34N4O3. The highest BCUT2D eigenvalue weighted by molar-refractivity contribution is 5.93. The third kappa shape index (κ3) is 6.29. The zero-order valence-electron chi connectivity index (χ0n) is 17.9. The van der Waals surface area contributed by atoms with Crippen LogP contribution in [0.25, 0.3) is 0 Å². The van der Waals surface area contributed by atoms with Crippen molar-refractivity contribution in [1.29, 1.82) is 0 Å². The highest BCUT2D eigenvalue weighted by Crippen LogP contribution is 2.25. The van der Waals surface area contributed by atoms with Crippen molar-refractivity contribution in [3.05, 3.63) is 35.9 Å². The second-order valence-electron chi connectivity index (χ2n) is 8.39. The summed E-state index contributed by atoms with van der Waals surface area (Å²) >= 11 is 0. The van der Waals surface area contributed by atoms with Crippen molar-refractivity contribution in [2.24, 2.45) is 17.6 Å². The third-order valence-corrected chi connectivity index (χ3v) is 5.30. The highest BCUT2D eigenvalue weighted by atomic mass is 16.2. The third-order valence-electron chi connectivity index (χ3n) is 5.30. The van der Waals surface area contributed by atoms with Crippen LogP contribution in [0, 0.1) is 11.8 Å². The number of amides is 3. The van der Waals surface area contributed by atoms with Gasteiger partial charge in [-0.15, -0.1) is 0 Å². The fourth-order valence-corrected chi connectivity index (χ4v) is 3.61. The van der Waals surface area contributed by atoms with Gasteiger partial charge < -0.3 is 21.3 Å². The summed E-state index contributed by atoms with van der Waals surface area (Å²) in [6, 6.07) is 8.04. The van der Waals surface area contributed by atoms with Crippen LogP contribution in [-0.4, -0.2) is 53.8 Å². The maximum absolute atomic E-state index is 13.2. The van der Waals surface area contributed by atoms with Gasteiger partial charge >= 0.3 is 0 Å². The summed E-state index contributed by atoms with van der Waals surface area (Å²) in [4.78, 5) is 39.7. The largest absolute Gasteiger partial charge is 0.354 e. The van der Waals surface area contributed by atoms with Crippen molar-refractivity contribution >= 4 is 17.7 Å². The fraction of sp³-hybridized carbons (Fsp3) is 0.591. The normalized spacial score (nSPS) is 21.0. The molecule has 1 aromatic carbocycles. The predicted molar refractivity (Wildman–Crippen MR) is 113 cm³/mol. The van der Waals surface area contributed by atoms with E-state index in [9.17, 15) is 14.4 Å². The van der Waals surface area contributed by atoms with Crippen molar-refractivity contribution in [3.63, 3.8) is 0 Å². The van der Waals surface area contributed by atoms with Crippen LogP contribution in [0.2, 0.25) is 0 Å². The Labute approximate surface area is 173 Å². The lowest BCUT2D eigenvalue weighted by Crippen LogP contribution is -2.57. The van der Waals surface area contributed by atoms with Gasteiger partial charge in [0.05, 0.1) is 6.04 Å². The summed E-state index contributed by atoms with van der Waals surface area (Å²) in [7, 11) is 0. The molecule has 0 bridgehead atoms. The molecule has 1 aliphatic heterocycles. The predicted octanol–water partition coefficient (Wildman–Crippen LogP) is 1.07. The SMILES string of the molecule is CC(C)[C@H](NC(=O)[C@H](C)N)C(=O)N1C[C@@H](C)C[C@H]1C(=O)NCCc1ccccc1. The highest BCUT2D eigenvalue weighted by Gasteiger charge is 2.41. The van der Waals surface area contributed by atoms with E-state index in [4.69, 9.17) is 5.73 Å². The summed E-state index contributed by atoms with van der Waals surface area (Å²) in [5, 5.41) is 5.71. The summed E-state index contributed by atoms with van der Waals surface area (Å²) < 4.78 is 0. The number of carbonyl (C=O) groups is 3. The number of hydrogen-bond acceptors (Lipinski definition) is 4. The first-order valence-electron chi connectivity index (χ1n) is 10.4. The Balaban J connectivity index is 2.02. The molecule has 3 amide bonds. The number of nitrogens with zero attached hydrogens (tertiary/aromatic N) is 1. The van der Waals surface area contributed by atoms with Crippen LogP contribution in [0.5, 0.6) is 0 Å². The topological polar surface area (TPSA) is 105 Å². The van der Waals surface area contributed by atoms with Crippen LogP contribution in [0.15, 0.2) is 30.3 Å². The van der Waals surface area contributed by atoms with Gasteiger partial charge in [-0.25, -0.2) is 0 Å². The quantitative estimate of drug-likeness (QED) is 0.605. The molecule has 4 atom stereocenters. The molecule has 0 aliphatic carbocycles. The molecule has 1 aliphatic rings. The van der Waals surface area contributed by atoms with Gasteiger partial charge in [0.2, 0.25) is 17.7 Å². The van der Waals surface area contributed by atoms with E-state index in [1.54, 1.807) is 11.8 Å². The Bertz CT molecular complexity index is 705. The first kappa shape index (κ1) is 22.9. The summed E-state index contributed by atoms with van der Waals surface area (Å²) in [5.41, 5.74) is 6.79. The maximum Gasteiger partial charge on any atom is 0.246 e. The van der Waals surface area contributed by atoms with Crippen LogP contribution >= 0.6 is 0 Å². The Morgan fingerprint density at radius 1 is 1.17 bits per heavy atom. The monoisotopic (exact) mass is 402 g/mol. The number of hydrogen-bond donors (Lipinski definition) is 3. The molecule has 0 aromatic heterocycles. The number of nitrogens with one attached hydrogen (secondary N) is 2. The smallest absolute Gasteiger partial charge is 0.246 e. The second kappa shape index (κ2) is 10.4. The summed E-state index contributed by atoms with van der Waals surface area (Å²) in [6.45, 7) is 8.38. The number of rotatable bonds is 8. The van der Waals surface area contributed by atoms with E-state index in [1.807, 2.05) is 51.1 Å². The van der Waals surface area contributed by atoms with Gasteiger partial charge in [-0.05, 0) is 37.2 Å². The molecule has 0 radical (unpaired) electrons. The Hall–Kier alpha value is -2.41. The van der Waals surface area contributed by atoms with Crippen molar-refractivity contribution in [3.8, 4) is 0 Å². The van der Waals surface area contributed by atoms with E-state index in [0.29, 0.717) is 19.5 Å². The van der Waals surface area contributed by atoms with Gasteiger partial charge in [-0.2, -0.15) is 0 Å². The van der Waals surface area contributed by atoms with E-state index >= 15 is 0 Å². The first-order chi connectivity index (χ1) is 13.7. The van der Waals surface area contributed by atoms with Gasteiger partial charge in [0, 0.05) is 13.1 Å². The molecule has 4 N–H and O–H groups in total. The Morgan fingerprint density at radius 2 is 1.83 bits per heavy atom. The molecule has 7 nitrogen and oxygen atoms in total. The van der Waals surface area contributed by atoms with Crippen LogP contribution < -0.4 is 16.4 Å². The summed E-state index contributed by atoms with van der Waals surface area (Å²) in [5.74, 6) is -0.613. The van der Waals surface area contributed by atoms with Gasteiger partial charge in [0.1, 0.15) is 12.1 Å². The number of nitrogens with two attached hydrogens (primary N) is 1. The van der Waals surface area contributed by atoms with Gasteiger partial charge in [0.25, 0.3) is 0 Å². The average molecular weight is 403 g/mol. The van der Waals surface area contributed by atoms with E-state index < -0.39 is 18.1 Å². The zero-order valence-corrected chi connectivity index (χ0v) is 17.9. The lowest BCUT2D eigenvalue weighted by atomic mass is 10.0. The van der Waals surface area contributed by atoms with Gasteiger partial charge in [-0.3, -0.25) is 14.4 Å². The van der Waals surface area contributed by atoms with Crippen molar-refractivity contribution in [1.82, 2.24) is 15.5 Å².